The van der Waals surface area contributed by atoms with Crippen LogP contribution in [0.3, 0.4) is 0 Å². The van der Waals surface area contributed by atoms with Gasteiger partial charge >= 0.3 is 12.1 Å². The van der Waals surface area contributed by atoms with Crippen LogP contribution in [0.4, 0.5) is 15.3 Å². The maximum atomic E-state index is 13.4. The van der Waals surface area contributed by atoms with Gasteiger partial charge in [0.15, 0.2) is 0 Å². The number of hydrogen-bond donors (Lipinski definition) is 0. The average Bonchev–Trinajstić information content (AvgIpc) is 3.20. The summed E-state index contributed by atoms with van der Waals surface area (Å²) >= 11 is 0. The Hall–Kier alpha value is -4.28. The molecule has 2 fully saturated rings. The van der Waals surface area contributed by atoms with E-state index in [1.807, 2.05) is 24.3 Å². The third-order valence-electron chi connectivity index (χ3n) is 7.34. The van der Waals surface area contributed by atoms with E-state index in [-0.39, 0.29) is 49.7 Å². The highest BCUT2D eigenvalue weighted by Gasteiger charge is 2.36. The molecule has 3 heterocycles. The van der Waals surface area contributed by atoms with E-state index >= 15 is 0 Å². The van der Waals surface area contributed by atoms with Crippen LogP contribution >= 0.6 is 0 Å². The number of para-hydroxylation sites is 1. The number of fused-ring (bicyclic) bond motifs is 1. The summed E-state index contributed by atoms with van der Waals surface area (Å²) in [5, 5.41) is 0. The van der Waals surface area contributed by atoms with Gasteiger partial charge in [0.25, 0.3) is 5.91 Å². The van der Waals surface area contributed by atoms with Gasteiger partial charge < -0.3 is 24.0 Å². The van der Waals surface area contributed by atoms with Crippen molar-refractivity contribution < 1.29 is 33.4 Å². The number of benzene rings is 2. The highest BCUT2D eigenvalue weighted by molar-refractivity contribution is 6.01. The van der Waals surface area contributed by atoms with Gasteiger partial charge in [0.2, 0.25) is 5.91 Å². The molecule has 3 aliphatic rings. The summed E-state index contributed by atoms with van der Waals surface area (Å²) in [4.78, 5) is 55.9. The van der Waals surface area contributed by atoms with Crippen molar-refractivity contribution in [3.8, 4) is 11.5 Å². The van der Waals surface area contributed by atoms with E-state index in [4.69, 9.17) is 14.2 Å². The monoisotopic (exact) mass is 536 g/mol. The van der Waals surface area contributed by atoms with Crippen LogP contribution in [-0.4, -0.2) is 91.6 Å². The number of carbonyl (C=O) groups excluding carboxylic acids is 4. The Labute approximate surface area is 226 Å². The number of likely N-dealkylation sites (N-methyl/N-ethyl adjacent to an activating group) is 1. The summed E-state index contributed by atoms with van der Waals surface area (Å²) in [5.41, 5.74) is 2.29. The predicted octanol–water partition coefficient (Wildman–Crippen LogP) is 3.12. The first-order valence-corrected chi connectivity index (χ1v) is 13.1. The van der Waals surface area contributed by atoms with Gasteiger partial charge in [-0.05, 0) is 37.5 Å². The number of urea groups is 1. The summed E-state index contributed by atoms with van der Waals surface area (Å²) in [5.74, 6) is 0.575. The van der Waals surface area contributed by atoms with E-state index in [9.17, 15) is 19.2 Å². The normalized spacial score (nSPS) is 17.8. The zero-order valence-electron chi connectivity index (χ0n) is 22.1. The van der Waals surface area contributed by atoms with Gasteiger partial charge in [-0.2, -0.15) is 0 Å². The molecular formula is C28H32N4O7. The molecular weight excluding hydrogens is 504 g/mol. The van der Waals surface area contributed by atoms with Gasteiger partial charge in [0.05, 0.1) is 25.0 Å². The lowest BCUT2D eigenvalue weighted by Gasteiger charge is -2.40. The second kappa shape index (κ2) is 11.2. The smallest absolute Gasteiger partial charge is 0.414 e. The van der Waals surface area contributed by atoms with Gasteiger partial charge in [-0.1, -0.05) is 18.2 Å². The number of rotatable bonds is 8. The van der Waals surface area contributed by atoms with Crippen LogP contribution in [0.1, 0.15) is 35.2 Å². The number of hydrogen-bond acceptors (Lipinski definition) is 7. The topological polar surface area (TPSA) is 109 Å². The zero-order chi connectivity index (χ0) is 27.5. The molecule has 206 valence electrons. The molecule has 2 aromatic carbocycles. The van der Waals surface area contributed by atoms with Gasteiger partial charge in [-0.3, -0.25) is 19.4 Å². The Bertz CT molecular complexity index is 1270. The molecule has 2 saturated heterocycles. The molecule has 11 nitrogen and oxygen atoms in total. The Morgan fingerprint density at radius 1 is 1.08 bits per heavy atom. The van der Waals surface area contributed by atoms with Crippen molar-refractivity contribution in [2.24, 2.45) is 0 Å². The number of ether oxygens (including phenoxy) is 3. The lowest BCUT2D eigenvalue weighted by atomic mass is 10.00. The second-order valence-corrected chi connectivity index (χ2v) is 9.82. The molecule has 0 spiro atoms. The average molecular weight is 537 g/mol. The van der Waals surface area contributed by atoms with Gasteiger partial charge in [-0.15, -0.1) is 0 Å². The minimum atomic E-state index is -0.346. The highest BCUT2D eigenvalue weighted by Crippen LogP contribution is 2.33. The summed E-state index contributed by atoms with van der Waals surface area (Å²) in [7, 11) is 3.10. The van der Waals surface area contributed by atoms with Crippen molar-refractivity contribution in [2.45, 2.75) is 31.9 Å². The van der Waals surface area contributed by atoms with Crippen molar-refractivity contribution >= 4 is 29.6 Å². The van der Waals surface area contributed by atoms with Gasteiger partial charge in [0, 0.05) is 44.4 Å². The predicted molar refractivity (Wildman–Crippen MR) is 141 cm³/mol. The van der Waals surface area contributed by atoms with Gasteiger partial charge in [0.1, 0.15) is 24.7 Å². The number of anilines is 1. The molecule has 0 atom stereocenters. The molecule has 0 bridgehead atoms. The van der Waals surface area contributed by atoms with Crippen molar-refractivity contribution in [3.05, 3.63) is 53.6 Å². The standard InChI is InChI=1S/C28H32N4O7/c1-29-17-25(33)31(27(29)35)12-5-15-38-21-8-9-22(24(16-21)37-2)26(34)30-13-10-20(11-14-30)32-23-7-4-3-6-19(23)18-39-28(32)36/h3-4,6-9,16,20H,5,10-15,17-18H2,1-2H3. The first-order valence-electron chi connectivity index (χ1n) is 13.1. The Morgan fingerprint density at radius 2 is 1.85 bits per heavy atom. The largest absolute Gasteiger partial charge is 0.496 e. The number of methoxy groups -OCH3 is 1. The zero-order valence-corrected chi connectivity index (χ0v) is 22.1. The Kier molecular flexibility index (Phi) is 7.58. The van der Waals surface area contributed by atoms with Crippen molar-refractivity contribution in [1.82, 2.24) is 14.7 Å². The molecule has 0 saturated carbocycles. The van der Waals surface area contributed by atoms with Crippen LogP contribution in [-0.2, 0) is 16.1 Å². The third kappa shape index (κ3) is 5.34. The van der Waals surface area contributed by atoms with Crippen LogP contribution in [0, 0.1) is 0 Å². The minimum Gasteiger partial charge on any atom is -0.496 e. The molecule has 2 aromatic rings. The molecule has 5 rings (SSSR count). The van der Waals surface area contributed by atoms with Crippen LogP contribution in [0.2, 0.25) is 0 Å². The number of imide groups is 1. The molecule has 0 aliphatic carbocycles. The lowest BCUT2D eigenvalue weighted by molar-refractivity contribution is -0.125. The number of piperidine rings is 1. The molecule has 0 aromatic heterocycles. The Balaban J connectivity index is 1.16. The highest BCUT2D eigenvalue weighted by atomic mass is 16.6. The minimum absolute atomic E-state index is 0.0489. The SMILES string of the molecule is COc1cc(OCCCN2C(=O)CN(C)C2=O)ccc1C(=O)N1CCC(N2C(=O)OCc3ccccc32)CC1. The summed E-state index contributed by atoms with van der Waals surface area (Å²) < 4.78 is 16.7. The quantitative estimate of drug-likeness (QED) is 0.377. The molecule has 11 heteroatoms. The molecule has 39 heavy (non-hydrogen) atoms. The number of cyclic esters (lactones) is 1. The van der Waals surface area contributed by atoms with Crippen LogP contribution < -0.4 is 14.4 Å². The molecule has 0 radical (unpaired) electrons. The fourth-order valence-electron chi connectivity index (χ4n) is 5.26. The number of nitrogens with zero attached hydrogens (tertiary/aromatic N) is 4. The third-order valence-corrected chi connectivity index (χ3v) is 7.34. The number of likely N-dealkylation sites (tertiary alicyclic amines) is 1. The van der Waals surface area contributed by atoms with E-state index in [2.05, 4.69) is 0 Å². The first kappa shape index (κ1) is 26.3. The molecule has 3 aliphatic heterocycles. The summed E-state index contributed by atoms with van der Waals surface area (Å²) in [6.45, 7) is 1.96. The van der Waals surface area contributed by atoms with Crippen LogP contribution in [0.25, 0.3) is 0 Å². The van der Waals surface area contributed by atoms with Gasteiger partial charge in [-0.25, -0.2) is 9.59 Å². The number of amides is 5. The maximum Gasteiger partial charge on any atom is 0.414 e. The fraction of sp³-hybridized carbons (Fsp3) is 0.429. The maximum absolute atomic E-state index is 13.4. The van der Waals surface area contributed by atoms with Crippen LogP contribution in [0.15, 0.2) is 42.5 Å². The van der Waals surface area contributed by atoms with E-state index in [1.165, 1.54) is 16.9 Å². The summed E-state index contributed by atoms with van der Waals surface area (Å²) in [6.07, 6.45) is 1.41. The van der Waals surface area contributed by atoms with Crippen molar-refractivity contribution in [3.63, 3.8) is 0 Å². The number of carbonyl (C=O) groups is 4. The first-order chi connectivity index (χ1) is 18.9. The molecule has 0 unspecified atom stereocenters. The van der Waals surface area contributed by atoms with E-state index < -0.39 is 0 Å². The lowest BCUT2D eigenvalue weighted by Crippen LogP contribution is -2.50. The molecule has 0 N–H and O–H groups in total. The van der Waals surface area contributed by atoms with Crippen molar-refractivity contribution in [1.29, 1.82) is 0 Å². The molecule has 5 amide bonds. The Morgan fingerprint density at radius 3 is 2.56 bits per heavy atom. The summed E-state index contributed by atoms with van der Waals surface area (Å²) in [6, 6.07) is 12.5. The van der Waals surface area contributed by atoms with E-state index in [0.717, 1.165) is 11.3 Å². The second-order valence-electron chi connectivity index (χ2n) is 9.82. The van der Waals surface area contributed by atoms with Crippen molar-refractivity contribution in [2.75, 3.05) is 51.8 Å². The van der Waals surface area contributed by atoms with Crippen LogP contribution in [0.5, 0.6) is 11.5 Å². The van der Waals surface area contributed by atoms with E-state index in [1.54, 1.807) is 35.0 Å². The van der Waals surface area contributed by atoms with E-state index in [0.29, 0.717) is 56.0 Å². The fourth-order valence-corrected chi connectivity index (χ4v) is 5.26.